The Hall–Kier alpha value is -1.03. The molecule has 3 nitrogen and oxygen atoms in total. The summed E-state index contributed by atoms with van der Waals surface area (Å²) in [6, 6.07) is 6.21. The van der Waals surface area contributed by atoms with E-state index in [0.29, 0.717) is 17.7 Å². The number of hydrogen-bond donors (Lipinski definition) is 1. The summed E-state index contributed by atoms with van der Waals surface area (Å²) in [6.07, 6.45) is 7.96. The molecule has 0 saturated heterocycles. The molecule has 0 radical (unpaired) electrons. The zero-order valence-electron chi connectivity index (χ0n) is 12.2. The van der Waals surface area contributed by atoms with E-state index in [1.54, 1.807) is 6.20 Å². The van der Waals surface area contributed by atoms with Crippen LogP contribution in [0.1, 0.15) is 44.7 Å². The molecule has 1 N–H and O–H groups in total. The SMILES string of the molecule is CCS[C@H]1CCCC[C@@H]1NC(=O)CCc1ccccn1. The maximum Gasteiger partial charge on any atom is 0.220 e. The molecule has 1 aliphatic rings. The van der Waals surface area contributed by atoms with Crippen molar-refractivity contribution in [1.82, 2.24) is 10.3 Å². The lowest BCUT2D eigenvalue weighted by atomic mass is 9.94. The molecule has 110 valence electrons. The average Bonchev–Trinajstić information content (AvgIpc) is 2.49. The van der Waals surface area contributed by atoms with E-state index < -0.39 is 0 Å². The molecule has 20 heavy (non-hydrogen) atoms. The minimum Gasteiger partial charge on any atom is -0.352 e. The van der Waals surface area contributed by atoms with Gasteiger partial charge in [0.25, 0.3) is 0 Å². The van der Waals surface area contributed by atoms with Crippen LogP contribution in [0.2, 0.25) is 0 Å². The van der Waals surface area contributed by atoms with Gasteiger partial charge in [-0.3, -0.25) is 9.78 Å². The van der Waals surface area contributed by atoms with Crippen LogP contribution < -0.4 is 5.32 Å². The third-order valence-corrected chi connectivity index (χ3v) is 5.09. The van der Waals surface area contributed by atoms with Gasteiger partial charge in [-0.25, -0.2) is 0 Å². The van der Waals surface area contributed by atoms with Gasteiger partial charge in [-0.1, -0.05) is 25.8 Å². The molecule has 0 aromatic carbocycles. The van der Waals surface area contributed by atoms with E-state index >= 15 is 0 Å². The van der Waals surface area contributed by atoms with E-state index in [9.17, 15) is 4.79 Å². The second-order valence-corrected chi connectivity index (χ2v) is 6.79. The second-order valence-electron chi connectivity index (χ2n) is 5.27. The number of nitrogens with one attached hydrogen (secondary N) is 1. The van der Waals surface area contributed by atoms with E-state index in [4.69, 9.17) is 0 Å². The van der Waals surface area contributed by atoms with Crippen LogP contribution in [0.4, 0.5) is 0 Å². The van der Waals surface area contributed by atoms with E-state index in [2.05, 4.69) is 17.2 Å². The largest absolute Gasteiger partial charge is 0.352 e. The van der Waals surface area contributed by atoms with Crippen LogP contribution in [0.3, 0.4) is 0 Å². The predicted molar refractivity (Wildman–Crippen MR) is 84.9 cm³/mol. The Bertz CT molecular complexity index is 408. The Morgan fingerprint density at radius 1 is 1.40 bits per heavy atom. The first-order chi connectivity index (χ1) is 9.79. The van der Waals surface area contributed by atoms with Crippen LogP contribution in [0, 0.1) is 0 Å². The number of pyridine rings is 1. The summed E-state index contributed by atoms with van der Waals surface area (Å²) in [5.41, 5.74) is 0.991. The smallest absolute Gasteiger partial charge is 0.220 e. The minimum absolute atomic E-state index is 0.171. The zero-order chi connectivity index (χ0) is 14.2. The lowest BCUT2D eigenvalue weighted by Crippen LogP contribution is -2.43. The fourth-order valence-electron chi connectivity index (χ4n) is 2.74. The van der Waals surface area contributed by atoms with Crippen molar-refractivity contribution in [1.29, 1.82) is 0 Å². The van der Waals surface area contributed by atoms with Crippen LogP contribution in [0.15, 0.2) is 24.4 Å². The molecule has 1 fully saturated rings. The number of aromatic nitrogens is 1. The van der Waals surface area contributed by atoms with Crippen LogP contribution >= 0.6 is 11.8 Å². The lowest BCUT2D eigenvalue weighted by molar-refractivity contribution is -0.121. The van der Waals surface area contributed by atoms with Crippen molar-refractivity contribution in [2.24, 2.45) is 0 Å². The van der Waals surface area contributed by atoms with Gasteiger partial charge < -0.3 is 5.32 Å². The molecule has 1 heterocycles. The molecular weight excluding hydrogens is 268 g/mol. The molecule has 1 amide bonds. The van der Waals surface area contributed by atoms with Crippen molar-refractivity contribution >= 4 is 17.7 Å². The number of thioether (sulfide) groups is 1. The molecule has 0 spiro atoms. The first-order valence-corrected chi connectivity index (χ1v) is 8.65. The number of rotatable bonds is 6. The number of carbonyl (C=O) groups excluding carboxylic acids is 1. The molecule has 4 heteroatoms. The van der Waals surface area contributed by atoms with Crippen molar-refractivity contribution in [3.8, 4) is 0 Å². The summed E-state index contributed by atoms with van der Waals surface area (Å²) in [4.78, 5) is 16.3. The lowest BCUT2D eigenvalue weighted by Gasteiger charge is -2.31. The normalized spacial score (nSPS) is 22.4. The Labute approximate surface area is 125 Å². The highest BCUT2D eigenvalue weighted by molar-refractivity contribution is 7.99. The van der Waals surface area contributed by atoms with E-state index in [0.717, 1.165) is 24.3 Å². The van der Waals surface area contributed by atoms with Crippen LogP contribution in [-0.4, -0.2) is 27.9 Å². The molecule has 1 aromatic heterocycles. The highest BCUT2D eigenvalue weighted by atomic mass is 32.2. The Balaban J connectivity index is 1.78. The summed E-state index contributed by atoms with van der Waals surface area (Å²) < 4.78 is 0. The molecule has 2 atom stereocenters. The summed E-state index contributed by atoms with van der Waals surface area (Å²) in [6.45, 7) is 2.19. The maximum absolute atomic E-state index is 12.1. The quantitative estimate of drug-likeness (QED) is 0.875. The van der Waals surface area contributed by atoms with E-state index in [-0.39, 0.29) is 5.91 Å². The second kappa shape index (κ2) is 8.30. The molecule has 0 bridgehead atoms. The molecule has 2 rings (SSSR count). The van der Waals surface area contributed by atoms with Crippen molar-refractivity contribution in [3.05, 3.63) is 30.1 Å². The van der Waals surface area contributed by atoms with Crippen molar-refractivity contribution in [3.63, 3.8) is 0 Å². The third kappa shape index (κ3) is 4.82. The van der Waals surface area contributed by atoms with Crippen LogP contribution in [-0.2, 0) is 11.2 Å². The average molecular weight is 292 g/mol. The van der Waals surface area contributed by atoms with Crippen LogP contribution in [0.5, 0.6) is 0 Å². The molecule has 0 unspecified atom stereocenters. The van der Waals surface area contributed by atoms with Gasteiger partial charge in [0.2, 0.25) is 5.91 Å². The number of carbonyl (C=O) groups is 1. The first kappa shape index (κ1) is 15.4. The topological polar surface area (TPSA) is 42.0 Å². The monoisotopic (exact) mass is 292 g/mol. The number of hydrogen-bond acceptors (Lipinski definition) is 3. The third-order valence-electron chi connectivity index (χ3n) is 3.76. The summed E-state index contributed by atoms with van der Waals surface area (Å²) in [5.74, 6) is 1.30. The first-order valence-electron chi connectivity index (χ1n) is 7.60. The molecule has 1 aliphatic carbocycles. The Morgan fingerprint density at radius 3 is 3.00 bits per heavy atom. The van der Waals surface area contributed by atoms with Gasteiger partial charge in [-0.2, -0.15) is 11.8 Å². The van der Waals surface area contributed by atoms with Crippen LogP contribution in [0.25, 0.3) is 0 Å². The van der Waals surface area contributed by atoms with E-state index in [1.165, 1.54) is 19.3 Å². The summed E-state index contributed by atoms with van der Waals surface area (Å²) in [5, 5.41) is 3.84. The molecule has 1 aromatic rings. The number of aryl methyl sites for hydroxylation is 1. The fourth-order valence-corrected chi connectivity index (χ4v) is 3.94. The van der Waals surface area contributed by atoms with Gasteiger partial charge >= 0.3 is 0 Å². The number of nitrogens with zero attached hydrogens (tertiary/aromatic N) is 1. The molecule has 0 aliphatic heterocycles. The molecule has 1 saturated carbocycles. The summed E-state index contributed by atoms with van der Waals surface area (Å²) in [7, 11) is 0. The van der Waals surface area contributed by atoms with Gasteiger partial charge in [0.15, 0.2) is 0 Å². The Morgan fingerprint density at radius 2 is 2.25 bits per heavy atom. The zero-order valence-corrected chi connectivity index (χ0v) is 13.0. The maximum atomic E-state index is 12.1. The van der Waals surface area contributed by atoms with Crippen molar-refractivity contribution in [2.45, 2.75) is 56.7 Å². The molecular formula is C16H24N2OS. The predicted octanol–water partition coefficient (Wildman–Crippen LogP) is 3.19. The van der Waals surface area contributed by atoms with Crippen molar-refractivity contribution in [2.75, 3.05) is 5.75 Å². The highest BCUT2D eigenvalue weighted by Gasteiger charge is 2.26. The highest BCUT2D eigenvalue weighted by Crippen LogP contribution is 2.28. The minimum atomic E-state index is 0.171. The van der Waals surface area contributed by atoms with Gasteiger partial charge in [-0.05, 0) is 37.1 Å². The fraction of sp³-hybridized carbons (Fsp3) is 0.625. The van der Waals surface area contributed by atoms with E-state index in [1.807, 2.05) is 30.0 Å². The van der Waals surface area contributed by atoms with Crippen molar-refractivity contribution < 1.29 is 4.79 Å². The summed E-state index contributed by atoms with van der Waals surface area (Å²) >= 11 is 1.99. The van der Waals surface area contributed by atoms with Gasteiger partial charge in [-0.15, -0.1) is 0 Å². The Kier molecular flexibility index (Phi) is 6.37. The van der Waals surface area contributed by atoms with Gasteiger partial charge in [0.05, 0.1) is 0 Å². The standard InChI is InChI=1S/C16H24N2OS/c1-2-20-15-9-4-3-8-14(15)18-16(19)11-10-13-7-5-6-12-17-13/h5-7,12,14-15H,2-4,8-11H2,1H3,(H,18,19)/t14-,15-/m0/s1. The van der Waals surface area contributed by atoms with Gasteiger partial charge in [0, 0.05) is 29.6 Å². The number of amides is 1. The van der Waals surface area contributed by atoms with Gasteiger partial charge in [0.1, 0.15) is 0 Å².